The van der Waals surface area contributed by atoms with E-state index < -0.39 is 0 Å². The minimum Gasteiger partial charge on any atom is -0.333 e. The van der Waals surface area contributed by atoms with Gasteiger partial charge in [-0.1, -0.05) is 12.1 Å². The van der Waals surface area contributed by atoms with Crippen LogP contribution in [0.2, 0.25) is 0 Å². The van der Waals surface area contributed by atoms with Crippen molar-refractivity contribution in [1.82, 2.24) is 9.88 Å². The van der Waals surface area contributed by atoms with Crippen LogP contribution in [0.15, 0.2) is 24.3 Å². The van der Waals surface area contributed by atoms with Gasteiger partial charge in [0.15, 0.2) is 0 Å². The number of likely N-dealkylation sites (tertiary alicyclic amines) is 1. The maximum absolute atomic E-state index is 12.5. The molecule has 0 radical (unpaired) electrons. The van der Waals surface area contributed by atoms with Crippen molar-refractivity contribution < 1.29 is 4.79 Å². The van der Waals surface area contributed by atoms with Gasteiger partial charge in [-0.3, -0.25) is 4.79 Å². The normalized spacial score (nSPS) is 17.8. The molecule has 0 unspecified atom stereocenters. The number of unbranched alkanes of at least 4 members (excludes halogenated alkanes) is 2. The Morgan fingerprint density at radius 1 is 1.41 bits per heavy atom. The van der Waals surface area contributed by atoms with Gasteiger partial charge in [-0.15, -0.1) is 23.7 Å². The van der Waals surface area contributed by atoms with Crippen LogP contribution in [0.4, 0.5) is 0 Å². The van der Waals surface area contributed by atoms with Crippen LogP contribution in [0.1, 0.15) is 49.6 Å². The number of thiazole rings is 1. The lowest BCUT2D eigenvalue weighted by molar-refractivity contribution is -0.132. The maximum atomic E-state index is 12.5. The third-order valence-corrected chi connectivity index (χ3v) is 5.27. The first-order valence-electron chi connectivity index (χ1n) is 7.88. The molecular weight excluding hydrogens is 292 g/mol. The lowest BCUT2D eigenvalue weighted by atomic mass is 10.1. The van der Waals surface area contributed by atoms with Gasteiger partial charge in [-0.2, -0.15) is 0 Å². The van der Waals surface area contributed by atoms with Crippen LogP contribution in [-0.4, -0.2) is 22.3 Å². The van der Waals surface area contributed by atoms with E-state index in [0.29, 0.717) is 6.42 Å². The van der Waals surface area contributed by atoms with Crippen LogP contribution < -0.4 is 0 Å². The predicted molar refractivity (Wildman–Crippen MR) is 90.6 cm³/mol. The third kappa shape index (κ3) is 3.15. The van der Waals surface area contributed by atoms with Crippen molar-refractivity contribution in [2.75, 3.05) is 6.54 Å². The van der Waals surface area contributed by atoms with Gasteiger partial charge in [0.25, 0.3) is 0 Å². The van der Waals surface area contributed by atoms with E-state index in [1.54, 1.807) is 11.3 Å². The van der Waals surface area contributed by atoms with Crippen LogP contribution in [0, 0.1) is 12.3 Å². The molecule has 2 heterocycles. The van der Waals surface area contributed by atoms with Crippen molar-refractivity contribution in [3.63, 3.8) is 0 Å². The molecule has 114 valence electrons. The summed E-state index contributed by atoms with van der Waals surface area (Å²) in [6, 6.07) is 8.34. The molecule has 2 aromatic rings. The van der Waals surface area contributed by atoms with Gasteiger partial charge in [0, 0.05) is 19.4 Å². The Morgan fingerprint density at radius 3 is 3.09 bits per heavy atom. The van der Waals surface area contributed by atoms with Gasteiger partial charge < -0.3 is 4.90 Å². The summed E-state index contributed by atoms with van der Waals surface area (Å²) in [5, 5.41) is 1.08. The molecule has 22 heavy (non-hydrogen) atoms. The molecule has 1 fully saturated rings. The Labute approximate surface area is 135 Å². The summed E-state index contributed by atoms with van der Waals surface area (Å²) < 4.78 is 1.20. The van der Waals surface area contributed by atoms with E-state index in [4.69, 9.17) is 11.4 Å². The second-order valence-electron chi connectivity index (χ2n) is 5.68. The van der Waals surface area contributed by atoms with Crippen LogP contribution in [0.3, 0.4) is 0 Å². The first-order chi connectivity index (χ1) is 10.8. The molecule has 1 aliphatic rings. The second-order valence-corrected chi connectivity index (χ2v) is 6.74. The topological polar surface area (TPSA) is 33.2 Å². The summed E-state index contributed by atoms with van der Waals surface area (Å²) in [5.41, 5.74) is 1.04. The molecule has 3 rings (SSSR count). The summed E-state index contributed by atoms with van der Waals surface area (Å²) in [7, 11) is 0. The average molecular weight is 312 g/mol. The minimum atomic E-state index is 0.164. The van der Waals surface area contributed by atoms with E-state index in [9.17, 15) is 4.79 Å². The van der Waals surface area contributed by atoms with Gasteiger partial charge in [0.2, 0.25) is 5.91 Å². The molecule has 0 bridgehead atoms. The quantitative estimate of drug-likeness (QED) is 0.614. The predicted octanol–water partition coefficient (Wildman–Crippen LogP) is 4.15. The average Bonchev–Trinajstić information content (AvgIpc) is 3.16. The Bertz CT molecular complexity index is 667. The van der Waals surface area contributed by atoms with Crippen molar-refractivity contribution in [2.45, 2.75) is 44.6 Å². The molecule has 1 aromatic heterocycles. The Balaban J connectivity index is 1.70. The highest BCUT2D eigenvalue weighted by Gasteiger charge is 2.31. The lowest BCUT2D eigenvalue weighted by Crippen LogP contribution is -2.30. The summed E-state index contributed by atoms with van der Waals surface area (Å²) in [4.78, 5) is 19.2. The number of hydrogen-bond donors (Lipinski definition) is 0. The number of terminal acetylenes is 1. The number of aromatic nitrogens is 1. The molecule has 3 nitrogen and oxygen atoms in total. The first kappa shape index (κ1) is 15.1. The fraction of sp³-hybridized carbons (Fsp3) is 0.444. The monoisotopic (exact) mass is 312 g/mol. The van der Waals surface area contributed by atoms with E-state index in [-0.39, 0.29) is 11.9 Å². The summed E-state index contributed by atoms with van der Waals surface area (Å²) in [6.07, 6.45) is 10.5. The molecule has 1 atom stereocenters. The van der Waals surface area contributed by atoms with E-state index in [1.807, 2.05) is 23.1 Å². The number of para-hydroxylation sites is 1. The molecule has 1 aromatic carbocycles. The molecule has 0 spiro atoms. The van der Waals surface area contributed by atoms with Gasteiger partial charge >= 0.3 is 0 Å². The van der Waals surface area contributed by atoms with Gasteiger partial charge in [0.1, 0.15) is 5.01 Å². The SMILES string of the molecule is C#CCCCCC(=O)N1CCC[C@@H]1c1nc2ccccc2s1. The Kier molecular flexibility index (Phi) is 4.74. The van der Waals surface area contributed by atoms with Crippen LogP contribution in [-0.2, 0) is 4.79 Å². The van der Waals surface area contributed by atoms with Crippen molar-refractivity contribution in [3.05, 3.63) is 29.3 Å². The molecule has 1 amide bonds. The molecular formula is C18H20N2OS. The van der Waals surface area contributed by atoms with Gasteiger partial charge in [-0.05, 0) is 37.8 Å². The number of carbonyl (C=O) groups is 1. The van der Waals surface area contributed by atoms with E-state index in [1.165, 1.54) is 4.70 Å². The van der Waals surface area contributed by atoms with Crippen molar-refractivity contribution in [2.24, 2.45) is 0 Å². The number of hydrogen-bond acceptors (Lipinski definition) is 3. The number of rotatable bonds is 5. The molecule has 1 saturated heterocycles. The molecule has 1 aliphatic heterocycles. The van der Waals surface area contributed by atoms with Crippen LogP contribution in [0.25, 0.3) is 10.2 Å². The Hall–Kier alpha value is -1.86. The smallest absolute Gasteiger partial charge is 0.223 e. The number of amides is 1. The van der Waals surface area contributed by atoms with Crippen LogP contribution >= 0.6 is 11.3 Å². The third-order valence-electron chi connectivity index (χ3n) is 4.13. The van der Waals surface area contributed by atoms with Crippen molar-refractivity contribution >= 4 is 27.5 Å². The van der Waals surface area contributed by atoms with E-state index in [2.05, 4.69) is 12.0 Å². The zero-order chi connectivity index (χ0) is 15.4. The molecule has 0 aliphatic carbocycles. The molecule has 0 saturated carbocycles. The van der Waals surface area contributed by atoms with E-state index in [0.717, 1.165) is 49.2 Å². The van der Waals surface area contributed by atoms with Gasteiger partial charge in [0.05, 0.1) is 16.3 Å². The van der Waals surface area contributed by atoms with Crippen molar-refractivity contribution in [1.29, 1.82) is 0 Å². The number of benzene rings is 1. The first-order valence-corrected chi connectivity index (χ1v) is 8.69. The number of nitrogens with zero attached hydrogens (tertiary/aromatic N) is 2. The summed E-state index contributed by atoms with van der Waals surface area (Å²) >= 11 is 1.72. The fourth-order valence-corrected chi connectivity index (χ4v) is 4.12. The Morgan fingerprint density at radius 2 is 2.27 bits per heavy atom. The fourth-order valence-electron chi connectivity index (χ4n) is 3.00. The van der Waals surface area contributed by atoms with E-state index >= 15 is 0 Å². The maximum Gasteiger partial charge on any atom is 0.223 e. The highest BCUT2D eigenvalue weighted by atomic mass is 32.1. The second kappa shape index (κ2) is 6.93. The number of carbonyl (C=O) groups excluding carboxylic acids is 1. The van der Waals surface area contributed by atoms with Gasteiger partial charge in [-0.25, -0.2) is 4.98 Å². The number of fused-ring (bicyclic) bond motifs is 1. The largest absolute Gasteiger partial charge is 0.333 e. The zero-order valence-corrected chi connectivity index (χ0v) is 13.4. The van der Waals surface area contributed by atoms with Crippen molar-refractivity contribution in [3.8, 4) is 12.3 Å². The lowest BCUT2D eigenvalue weighted by Gasteiger charge is -2.23. The summed E-state index contributed by atoms with van der Waals surface area (Å²) in [6.45, 7) is 0.856. The highest BCUT2D eigenvalue weighted by molar-refractivity contribution is 7.18. The molecule has 0 N–H and O–H groups in total. The highest BCUT2D eigenvalue weighted by Crippen LogP contribution is 2.36. The van der Waals surface area contributed by atoms with Crippen LogP contribution in [0.5, 0.6) is 0 Å². The minimum absolute atomic E-state index is 0.164. The standard InChI is InChI=1S/C18H20N2OS/c1-2-3-4-5-12-17(21)20-13-8-10-15(20)18-19-14-9-6-7-11-16(14)22-18/h1,6-7,9,11,15H,3-5,8,10,12-13H2/t15-/m1/s1. The molecule has 4 heteroatoms. The summed E-state index contributed by atoms with van der Waals surface area (Å²) in [5.74, 6) is 2.88. The zero-order valence-electron chi connectivity index (χ0n) is 12.6.